The van der Waals surface area contributed by atoms with E-state index in [0.29, 0.717) is 27.2 Å². The fourth-order valence-corrected chi connectivity index (χ4v) is 4.47. The van der Waals surface area contributed by atoms with Crippen molar-refractivity contribution in [2.75, 3.05) is 19.0 Å². The third-order valence-electron chi connectivity index (χ3n) is 4.70. The van der Waals surface area contributed by atoms with Crippen molar-refractivity contribution in [1.29, 1.82) is 0 Å². The lowest BCUT2D eigenvalue weighted by Gasteiger charge is -2.14. The predicted molar refractivity (Wildman–Crippen MR) is 131 cm³/mol. The van der Waals surface area contributed by atoms with Gasteiger partial charge in [-0.05, 0) is 60.9 Å². The predicted octanol–water partition coefficient (Wildman–Crippen LogP) is 5.75. The topological polar surface area (TPSA) is 58.6 Å². The Morgan fingerprint density at radius 3 is 2.52 bits per heavy atom. The first kappa shape index (κ1) is 23.3. The van der Waals surface area contributed by atoms with E-state index in [1.807, 2.05) is 30.3 Å². The minimum atomic E-state index is -0.0674. The van der Waals surface area contributed by atoms with Gasteiger partial charge in [-0.1, -0.05) is 54.1 Å². The second-order valence-corrected chi connectivity index (χ2v) is 9.08. The molecule has 1 aliphatic heterocycles. The van der Waals surface area contributed by atoms with Gasteiger partial charge in [0.2, 0.25) is 5.91 Å². The number of carbonyl (C=O) groups is 2. The van der Waals surface area contributed by atoms with Gasteiger partial charge in [0, 0.05) is 23.7 Å². The monoisotopic (exact) mass is 474 g/mol. The number of thiocarbonyl (C=S) groups is 1. The average molecular weight is 475 g/mol. The molecule has 0 aromatic heterocycles. The Balaban J connectivity index is 1.39. The summed E-state index contributed by atoms with van der Waals surface area (Å²) < 4.78 is 5.68. The highest BCUT2D eigenvalue weighted by atomic mass is 35.5. The van der Waals surface area contributed by atoms with Gasteiger partial charge < -0.3 is 10.1 Å². The van der Waals surface area contributed by atoms with Gasteiger partial charge in [0.25, 0.3) is 5.91 Å². The minimum absolute atomic E-state index is 0.0262. The normalized spacial score (nSPS) is 14.9. The summed E-state index contributed by atoms with van der Waals surface area (Å²) in [6, 6.07) is 14.5. The smallest absolute Gasteiger partial charge is 0.266 e. The van der Waals surface area contributed by atoms with Gasteiger partial charge >= 0.3 is 0 Å². The number of anilines is 1. The number of unbranched alkanes of at least 4 members (excludes halogenated alkanes) is 2. The first-order valence-electron chi connectivity index (χ1n) is 9.91. The van der Waals surface area contributed by atoms with Crippen LogP contribution in [0.4, 0.5) is 5.69 Å². The largest absolute Gasteiger partial charge is 0.497 e. The molecule has 0 atom stereocenters. The standard InChI is InChI=1S/C23H23ClN2O3S2/c1-29-19-12-10-18(11-13-19)25-21(27)5-3-2-4-14-26-22(28)20(31-23(26)30)15-16-6-8-17(24)9-7-16/h6-13,15H,2-5,14H2,1H3,(H,25,27). The lowest BCUT2D eigenvalue weighted by atomic mass is 10.1. The molecule has 162 valence electrons. The second-order valence-electron chi connectivity index (χ2n) is 6.97. The Bertz CT molecular complexity index is 975. The minimum Gasteiger partial charge on any atom is -0.497 e. The summed E-state index contributed by atoms with van der Waals surface area (Å²) >= 11 is 12.6. The van der Waals surface area contributed by atoms with Crippen molar-refractivity contribution in [3.63, 3.8) is 0 Å². The average Bonchev–Trinajstić information content (AvgIpc) is 3.03. The maximum absolute atomic E-state index is 12.7. The number of rotatable bonds is 9. The highest BCUT2D eigenvalue weighted by Gasteiger charge is 2.31. The van der Waals surface area contributed by atoms with E-state index in [1.54, 1.807) is 36.3 Å². The molecule has 1 heterocycles. The second kappa shape index (κ2) is 11.3. The van der Waals surface area contributed by atoms with Crippen LogP contribution in [0.15, 0.2) is 53.4 Å². The summed E-state index contributed by atoms with van der Waals surface area (Å²) in [4.78, 5) is 27.0. The lowest BCUT2D eigenvalue weighted by molar-refractivity contribution is -0.122. The Morgan fingerprint density at radius 1 is 1.13 bits per heavy atom. The number of benzene rings is 2. The van der Waals surface area contributed by atoms with Crippen LogP contribution in [-0.2, 0) is 9.59 Å². The van der Waals surface area contributed by atoms with Crippen LogP contribution in [0, 0.1) is 0 Å². The maximum Gasteiger partial charge on any atom is 0.266 e. The zero-order valence-corrected chi connectivity index (χ0v) is 19.5. The van der Waals surface area contributed by atoms with Crippen LogP contribution in [0.25, 0.3) is 6.08 Å². The van der Waals surface area contributed by atoms with Crippen LogP contribution in [0.5, 0.6) is 5.75 Å². The van der Waals surface area contributed by atoms with E-state index < -0.39 is 0 Å². The van der Waals surface area contributed by atoms with Crippen LogP contribution >= 0.6 is 35.6 Å². The molecule has 0 bridgehead atoms. The Labute approximate surface area is 196 Å². The van der Waals surface area contributed by atoms with E-state index >= 15 is 0 Å². The molecule has 0 spiro atoms. The van der Waals surface area contributed by atoms with Crippen molar-refractivity contribution < 1.29 is 14.3 Å². The van der Waals surface area contributed by atoms with Gasteiger partial charge in [0.1, 0.15) is 10.1 Å². The quantitative estimate of drug-likeness (QED) is 0.285. The molecule has 31 heavy (non-hydrogen) atoms. The van der Waals surface area contributed by atoms with Crippen molar-refractivity contribution in [3.05, 3.63) is 64.0 Å². The van der Waals surface area contributed by atoms with Crippen molar-refractivity contribution in [3.8, 4) is 5.75 Å². The molecule has 1 fully saturated rings. The molecule has 2 aromatic rings. The zero-order valence-electron chi connectivity index (χ0n) is 17.1. The zero-order chi connectivity index (χ0) is 22.2. The van der Waals surface area contributed by atoms with Gasteiger partial charge in [0.05, 0.1) is 12.0 Å². The molecule has 0 radical (unpaired) electrons. The summed E-state index contributed by atoms with van der Waals surface area (Å²) in [5.74, 6) is 0.653. The summed E-state index contributed by atoms with van der Waals surface area (Å²) in [5.41, 5.74) is 1.66. The maximum atomic E-state index is 12.7. The molecule has 3 rings (SSSR count). The highest BCUT2D eigenvalue weighted by Crippen LogP contribution is 2.33. The first-order chi connectivity index (χ1) is 15.0. The first-order valence-corrected chi connectivity index (χ1v) is 11.5. The number of amides is 2. The van der Waals surface area contributed by atoms with Crippen molar-refractivity contribution in [2.45, 2.75) is 25.7 Å². The van der Waals surface area contributed by atoms with E-state index in [0.717, 1.165) is 36.3 Å². The molecule has 2 amide bonds. The van der Waals surface area contributed by atoms with Crippen molar-refractivity contribution in [1.82, 2.24) is 4.90 Å². The number of halogens is 1. The van der Waals surface area contributed by atoms with Crippen LogP contribution in [0.3, 0.4) is 0 Å². The number of carbonyl (C=O) groups excluding carboxylic acids is 2. The van der Waals surface area contributed by atoms with Crippen LogP contribution in [0.2, 0.25) is 5.02 Å². The van der Waals surface area contributed by atoms with E-state index in [4.69, 9.17) is 28.6 Å². The number of hydrogen-bond donors (Lipinski definition) is 1. The molecule has 0 aliphatic carbocycles. The number of nitrogens with zero attached hydrogens (tertiary/aromatic N) is 1. The number of methoxy groups -OCH3 is 1. The molecule has 1 saturated heterocycles. The van der Waals surface area contributed by atoms with E-state index in [1.165, 1.54) is 11.8 Å². The molecule has 2 aromatic carbocycles. The molecule has 8 heteroatoms. The lowest BCUT2D eigenvalue weighted by Crippen LogP contribution is -2.29. The van der Waals surface area contributed by atoms with Crippen LogP contribution in [0.1, 0.15) is 31.2 Å². The molecule has 1 N–H and O–H groups in total. The van der Waals surface area contributed by atoms with Crippen molar-refractivity contribution >= 4 is 63.5 Å². The van der Waals surface area contributed by atoms with Crippen molar-refractivity contribution in [2.24, 2.45) is 0 Å². The number of nitrogens with one attached hydrogen (secondary N) is 1. The summed E-state index contributed by atoms with van der Waals surface area (Å²) in [7, 11) is 1.60. The highest BCUT2D eigenvalue weighted by molar-refractivity contribution is 8.26. The molecule has 0 saturated carbocycles. The van der Waals surface area contributed by atoms with Crippen LogP contribution in [-0.4, -0.2) is 34.7 Å². The molecular weight excluding hydrogens is 452 g/mol. The van der Waals surface area contributed by atoms with Gasteiger partial charge in [-0.15, -0.1) is 0 Å². The van der Waals surface area contributed by atoms with Gasteiger partial charge in [0.15, 0.2) is 0 Å². The van der Waals surface area contributed by atoms with Gasteiger partial charge in [-0.3, -0.25) is 14.5 Å². The van der Waals surface area contributed by atoms with E-state index in [-0.39, 0.29) is 11.8 Å². The van der Waals surface area contributed by atoms with E-state index in [9.17, 15) is 9.59 Å². The Hall–Kier alpha value is -2.35. The molecule has 0 unspecified atom stereocenters. The summed E-state index contributed by atoms with van der Waals surface area (Å²) in [6.07, 6.45) is 4.64. The van der Waals surface area contributed by atoms with Gasteiger partial charge in [-0.2, -0.15) is 0 Å². The number of hydrogen-bond acceptors (Lipinski definition) is 5. The SMILES string of the molecule is COc1ccc(NC(=O)CCCCCN2C(=O)C(=Cc3ccc(Cl)cc3)SC2=S)cc1. The van der Waals surface area contributed by atoms with E-state index in [2.05, 4.69) is 5.32 Å². The molecular formula is C23H23ClN2O3S2. The summed E-state index contributed by atoms with van der Waals surface area (Å²) in [5, 5.41) is 3.53. The summed E-state index contributed by atoms with van der Waals surface area (Å²) in [6.45, 7) is 0.558. The van der Waals surface area contributed by atoms with Gasteiger partial charge in [-0.25, -0.2) is 0 Å². The fourth-order valence-electron chi connectivity index (χ4n) is 3.03. The molecule has 1 aliphatic rings. The Morgan fingerprint density at radius 2 is 1.84 bits per heavy atom. The number of ether oxygens (including phenoxy) is 1. The molecule has 5 nitrogen and oxygen atoms in total. The third kappa shape index (κ3) is 6.82. The third-order valence-corrected chi connectivity index (χ3v) is 6.33. The fraction of sp³-hybridized carbons (Fsp3) is 0.261. The number of thioether (sulfide) groups is 1. The van der Waals surface area contributed by atoms with Crippen LogP contribution < -0.4 is 10.1 Å². The Kier molecular flexibility index (Phi) is 8.51.